The monoisotopic (exact) mass is 391 g/mol. The van der Waals surface area contributed by atoms with Gasteiger partial charge in [-0.05, 0) is 42.9 Å². The second-order valence-electron chi connectivity index (χ2n) is 8.34. The molecule has 2 aliphatic rings. The van der Waals surface area contributed by atoms with E-state index in [4.69, 9.17) is 5.73 Å². The highest BCUT2D eigenvalue weighted by Gasteiger charge is 2.49. The molecule has 5 heteroatoms. The molecule has 0 aromatic heterocycles. The van der Waals surface area contributed by atoms with Crippen molar-refractivity contribution in [2.24, 2.45) is 5.73 Å². The number of likely N-dealkylation sites (N-methyl/N-ethyl adjacent to an activating group) is 1. The molecule has 2 amide bonds. The van der Waals surface area contributed by atoms with Crippen LogP contribution in [0.15, 0.2) is 54.6 Å². The lowest BCUT2D eigenvalue weighted by Gasteiger charge is -2.32. The number of hydrogen-bond donors (Lipinski definition) is 1. The summed E-state index contributed by atoms with van der Waals surface area (Å²) in [6.07, 6.45) is 3.20. The third kappa shape index (κ3) is 3.67. The molecule has 0 radical (unpaired) electrons. The van der Waals surface area contributed by atoms with E-state index in [0.717, 1.165) is 42.7 Å². The number of likely N-dealkylation sites (tertiary alicyclic amines) is 1. The van der Waals surface area contributed by atoms with Gasteiger partial charge in [0.2, 0.25) is 11.8 Å². The highest BCUT2D eigenvalue weighted by molar-refractivity contribution is 6.08. The summed E-state index contributed by atoms with van der Waals surface area (Å²) in [6, 6.07) is 18.3. The number of benzene rings is 2. The molecule has 0 saturated carbocycles. The first-order valence-electron chi connectivity index (χ1n) is 10.5. The molecule has 1 saturated heterocycles. The summed E-state index contributed by atoms with van der Waals surface area (Å²) in [4.78, 5) is 30.1. The Balaban J connectivity index is 1.61. The molecule has 0 bridgehead atoms. The van der Waals surface area contributed by atoms with Crippen LogP contribution in [0.2, 0.25) is 0 Å². The number of nitrogens with two attached hydrogens (primary N) is 1. The number of nitrogens with zero attached hydrogens (tertiary/aromatic N) is 2. The van der Waals surface area contributed by atoms with Crippen LogP contribution in [0, 0.1) is 0 Å². The van der Waals surface area contributed by atoms with E-state index in [1.165, 1.54) is 0 Å². The molecule has 2 aromatic carbocycles. The van der Waals surface area contributed by atoms with Gasteiger partial charge in [0.15, 0.2) is 0 Å². The predicted molar refractivity (Wildman–Crippen MR) is 115 cm³/mol. The molecule has 2 aromatic rings. The molecule has 0 spiro atoms. The van der Waals surface area contributed by atoms with Crippen molar-refractivity contribution >= 4 is 17.5 Å². The van der Waals surface area contributed by atoms with E-state index < -0.39 is 5.41 Å². The molecule has 0 unspecified atom stereocenters. The summed E-state index contributed by atoms with van der Waals surface area (Å²) in [7, 11) is 1.84. The lowest BCUT2D eigenvalue weighted by Crippen LogP contribution is -2.45. The average molecular weight is 392 g/mol. The van der Waals surface area contributed by atoms with E-state index in [2.05, 4.69) is 12.1 Å². The molecule has 2 N–H and O–H groups in total. The number of hydrogen-bond acceptors (Lipinski definition) is 3. The third-order valence-corrected chi connectivity index (χ3v) is 6.50. The number of carbonyl (C=O) groups is 2. The molecular weight excluding hydrogens is 362 g/mol. The molecule has 1 fully saturated rings. The van der Waals surface area contributed by atoms with Gasteiger partial charge in [-0.2, -0.15) is 0 Å². The number of rotatable bonds is 5. The Labute approximate surface area is 172 Å². The number of piperidine rings is 1. The van der Waals surface area contributed by atoms with Crippen molar-refractivity contribution in [2.45, 2.75) is 43.6 Å². The Morgan fingerprint density at radius 2 is 1.72 bits per heavy atom. The zero-order valence-corrected chi connectivity index (χ0v) is 17.0. The van der Waals surface area contributed by atoms with Crippen LogP contribution in [-0.4, -0.2) is 42.9 Å². The summed E-state index contributed by atoms with van der Waals surface area (Å²) < 4.78 is 0. The van der Waals surface area contributed by atoms with Crippen LogP contribution in [-0.2, 0) is 21.4 Å². The maximum absolute atomic E-state index is 13.5. The molecule has 1 atom stereocenters. The quantitative estimate of drug-likeness (QED) is 0.852. The zero-order valence-electron chi connectivity index (χ0n) is 17.0. The Morgan fingerprint density at radius 3 is 2.45 bits per heavy atom. The van der Waals surface area contributed by atoms with E-state index in [0.29, 0.717) is 19.3 Å². The topological polar surface area (TPSA) is 66.6 Å². The number of carbonyl (C=O) groups excluding carboxylic acids is 2. The van der Waals surface area contributed by atoms with Gasteiger partial charge in [-0.15, -0.1) is 0 Å². The van der Waals surface area contributed by atoms with Crippen LogP contribution >= 0.6 is 0 Å². The summed E-state index contributed by atoms with van der Waals surface area (Å²) in [6.45, 7) is 1.44. The molecular formula is C24H29N3O2. The second kappa shape index (κ2) is 7.99. The minimum atomic E-state index is -0.700. The number of amides is 2. The van der Waals surface area contributed by atoms with Gasteiger partial charge in [0, 0.05) is 38.3 Å². The maximum Gasteiger partial charge on any atom is 0.237 e. The maximum atomic E-state index is 13.5. The van der Waals surface area contributed by atoms with Crippen LogP contribution in [0.1, 0.15) is 36.8 Å². The Hall–Kier alpha value is -2.66. The largest absolute Gasteiger partial charge is 0.343 e. The van der Waals surface area contributed by atoms with Gasteiger partial charge >= 0.3 is 0 Å². The fourth-order valence-corrected chi connectivity index (χ4v) is 4.79. The van der Waals surface area contributed by atoms with E-state index in [1.54, 1.807) is 4.90 Å². The summed E-state index contributed by atoms with van der Waals surface area (Å²) >= 11 is 0. The lowest BCUT2D eigenvalue weighted by molar-refractivity contribution is -0.133. The third-order valence-electron chi connectivity index (χ3n) is 6.50. The molecule has 0 aliphatic carbocycles. The highest BCUT2D eigenvalue weighted by atomic mass is 16.2. The molecule has 152 valence electrons. The first-order chi connectivity index (χ1) is 14.0. The van der Waals surface area contributed by atoms with Crippen molar-refractivity contribution in [1.29, 1.82) is 0 Å². The molecule has 29 heavy (non-hydrogen) atoms. The predicted octanol–water partition coefficient (Wildman–Crippen LogP) is 2.87. The van der Waals surface area contributed by atoms with Gasteiger partial charge in [0.25, 0.3) is 0 Å². The summed E-state index contributed by atoms with van der Waals surface area (Å²) in [5.41, 5.74) is 8.37. The minimum Gasteiger partial charge on any atom is -0.343 e. The Kier molecular flexibility index (Phi) is 5.41. The second-order valence-corrected chi connectivity index (χ2v) is 8.34. The smallest absolute Gasteiger partial charge is 0.237 e. The van der Waals surface area contributed by atoms with E-state index in [1.807, 2.05) is 54.4 Å². The van der Waals surface area contributed by atoms with Crippen LogP contribution in [0.25, 0.3) is 0 Å². The van der Waals surface area contributed by atoms with E-state index >= 15 is 0 Å². The van der Waals surface area contributed by atoms with E-state index in [-0.39, 0.29) is 17.9 Å². The average Bonchev–Trinajstić information content (AvgIpc) is 2.96. The van der Waals surface area contributed by atoms with Crippen molar-refractivity contribution < 1.29 is 9.59 Å². The highest BCUT2D eigenvalue weighted by Crippen LogP contribution is 2.46. The van der Waals surface area contributed by atoms with Gasteiger partial charge in [-0.25, -0.2) is 0 Å². The van der Waals surface area contributed by atoms with Crippen LogP contribution in [0.4, 0.5) is 5.69 Å². The normalized spacial score (nSPS) is 22.1. The summed E-state index contributed by atoms with van der Waals surface area (Å²) in [5, 5.41) is 0. The lowest BCUT2D eigenvalue weighted by atomic mass is 9.73. The molecule has 2 aliphatic heterocycles. The Morgan fingerprint density at radius 1 is 1.07 bits per heavy atom. The van der Waals surface area contributed by atoms with E-state index in [9.17, 15) is 9.59 Å². The Bertz CT molecular complexity index is 890. The SMILES string of the molecule is CN1C(=O)[C@](CCC(=O)N2CCC(N)CC2)(Cc2ccccc2)c2ccccc21. The zero-order chi connectivity index (χ0) is 20.4. The summed E-state index contributed by atoms with van der Waals surface area (Å²) in [5.74, 6) is 0.209. The number of anilines is 1. The van der Waals surface area contributed by atoms with Crippen LogP contribution in [0.3, 0.4) is 0 Å². The molecule has 5 nitrogen and oxygen atoms in total. The van der Waals surface area contributed by atoms with Crippen molar-refractivity contribution in [2.75, 3.05) is 25.0 Å². The van der Waals surface area contributed by atoms with Gasteiger partial charge in [0.05, 0.1) is 5.41 Å². The number of fused-ring (bicyclic) bond motifs is 1. The van der Waals surface area contributed by atoms with Crippen molar-refractivity contribution in [3.05, 3.63) is 65.7 Å². The molecule has 4 rings (SSSR count). The first kappa shape index (κ1) is 19.6. The van der Waals surface area contributed by atoms with Crippen LogP contribution < -0.4 is 10.6 Å². The number of para-hydroxylation sites is 1. The minimum absolute atomic E-state index is 0.0796. The fourth-order valence-electron chi connectivity index (χ4n) is 4.79. The van der Waals surface area contributed by atoms with Gasteiger partial charge < -0.3 is 15.5 Å². The first-order valence-corrected chi connectivity index (χ1v) is 10.5. The standard InChI is InChI=1S/C24H29N3O2/c1-26-21-10-6-5-9-20(21)24(23(26)29,17-18-7-3-2-4-8-18)14-11-22(28)27-15-12-19(25)13-16-27/h2-10,19H,11-17,25H2,1H3/t24-/m1/s1. The van der Waals surface area contributed by atoms with Crippen LogP contribution in [0.5, 0.6) is 0 Å². The van der Waals surface area contributed by atoms with Gasteiger partial charge in [-0.1, -0.05) is 48.5 Å². The van der Waals surface area contributed by atoms with Gasteiger partial charge in [-0.3, -0.25) is 9.59 Å². The van der Waals surface area contributed by atoms with Crippen molar-refractivity contribution in [1.82, 2.24) is 4.90 Å². The van der Waals surface area contributed by atoms with Gasteiger partial charge in [0.1, 0.15) is 0 Å². The molecule has 2 heterocycles. The van der Waals surface area contributed by atoms with Crippen molar-refractivity contribution in [3.63, 3.8) is 0 Å². The fraction of sp³-hybridized carbons (Fsp3) is 0.417. The van der Waals surface area contributed by atoms with Crippen molar-refractivity contribution in [3.8, 4) is 0 Å².